The Morgan fingerprint density at radius 2 is 2.05 bits per heavy atom. The fourth-order valence-electron chi connectivity index (χ4n) is 2.46. The Morgan fingerprint density at radius 1 is 1.24 bits per heavy atom. The van der Waals surface area contributed by atoms with Gasteiger partial charge in [-0.15, -0.1) is 0 Å². The molecule has 1 aromatic heterocycles. The highest BCUT2D eigenvalue weighted by atomic mass is 16.5. The van der Waals surface area contributed by atoms with Crippen LogP contribution in [0.4, 0.5) is 0 Å². The smallest absolute Gasteiger partial charge is 0.0639 e. The van der Waals surface area contributed by atoms with Crippen LogP contribution in [0, 0.1) is 0 Å². The molecule has 0 aliphatic carbocycles. The van der Waals surface area contributed by atoms with Gasteiger partial charge in [0.25, 0.3) is 0 Å². The Bertz CT molecular complexity index is 572. The average Bonchev–Trinajstić information content (AvgIpc) is 2.88. The van der Waals surface area contributed by atoms with Crippen molar-refractivity contribution < 1.29 is 4.74 Å². The molecule has 0 saturated heterocycles. The van der Waals surface area contributed by atoms with E-state index in [4.69, 9.17) is 4.74 Å². The molecule has 0 atom stereocenters. The molecule has 0 fully saturated rings. The minimum atomic E-state index is -0.0688. The summed E-state index contributed by atoms with van der Waals surface area (Å²) in [6, 6.07) is 8.95. The van der Waals surface area contributed by atoms with Crippen LogP contribution >= 0.6 is 0 Å². The van der Waals surface area contributed by atoms with E-state index >= 15 is 0 Å². The highest BCUT2D eigenvalue weighted by Crippen LogP contribution is 2.21. The van der Waals surface area contributed by atoms with Crippen LogP contribution in [-0.4, -0.2) is 23.8 Å². The predicted octanol–water partition coefficient (Wildman–Crippen LogP) is 3.96. The largest absolute Gasteiger partial charge is 0.379 e. The fourth-order valence-corrected chi connectivity index (χ4v) is 2.46. The van der Waals surface area contributed by atoms with Crippen molar-refractivity contribution in [2.75, 3.05) is 13.7 Å². The highest BCUT2D eigenvalue weighted by Gasteiger charge is 2.16. The lowest BCUT2D eigenvalue weighted by Gasteiger charge is -2.23. The number of methoxy groups -OCH3 is 1. The van der Waals surface area contributed by atoms with E-state index in [9.17, 15) is 0 Å². The van der Waals surface area contributed by atoms with E-state index in [0.717, 1.165) is 26.1 Å². The first kappa shape index (κ1) is 16.1. The molecule has 116 valence electrons. The SMILES string of the molecule is CCCNCc1ccc2c(ccn2CCC(C)(C)OC)c1. The molecule has 1 N–H and O–H groups in total. The van der Waals surface area contributed by atoms with Crippen molar-refractivity contribution in [2.45, 2.75) is 52.3 Å². The van der Waals surface area contributed by atoms with Crippen LogP contribution in [0.25, 0.3) is 10.9 Å². The van der Waals surface area contributed by atoms with Gasteiger partial charge in [-0.3, -0.25) is 0 Å². The number of fused-ring (bicyclic) bond motifs is 1. The monoisotopic (exact) mass is 288 g/mol. The number of aromatic nitrogens is 1. The quantitative estimate of drug-likeness (QED) is 0.744. The maximum Gasteiger partial charge on any atom is 0.0639 e. The number of nitrogens with zero attached hydrogens (tertiary/aromatic N) is 1. The summed E-state index contributed by atoms with van der Waals surface area (Å²) in [6.07, 6.45) is 4.36. The Kier molecular flexibility index (Phi) is 5.43. The van der Waals surface area contributed by atoms with E-state index in [0.29, 0.717) is 0 Å². The summed E-state index contributed by atoms with van der Waals surface area (Å²) in [4.78, 5) is 0. The van der Waals surface area contributed by atoms with Gasteiger partial charge in [-0.1, -0.05) is 13.0 Å². The zero-order valence-corrected chi connectivity index (χ0v) is 13.8. The van der Waals surface area contributed by atoms with Gasteiger partial charge in [-0.2, -0.15) is 0 Å². The summed E-state index contributed by atoms with van der Waals surface area (Å²) in [6.45, 7) is 9.47. The molecule has 0 aliphatic rings. The number of aryl methyl sites for hydroxylation is 1. The molecular weight excluding hydrogens is 260 g/mol. The Hall–Kier alpha value is -1.32. The van der Waals surface area contributed by atoms with Gasteiger partial charge in [0.1, 0.15) is 0 Å². The maximum atomic E-state index is 5.50. The lowest BCUT2D eigenvalue weighted by Crippen LogP contribution is -2.24. The zero-order chi connectivity index (χ0) is 15.3. The van der Waals surface area contributed by atoms with E-state index in [1.54, 1.807) is 7.11 Å². The van der Waals surface area contributed by atoms with Gasteiger partial charge in [-0.25, -0.2) is 0 Å². The van der Waals surface area contributed by atoms with Crippen LogP contribution in [-0.2, 0) is 17.8 Å². The van der Waals surface area contributed by atoms with E-state index < -0.39 is 0 Å². The normalized spacial score (nSPS) is 12.2. The molecule has 3 nitrogen and oxygen atoms in total. The van der Waals surface area contributed by atoms with Crippen LogP contribution < -0.4 is 5.32 Å². The number of ether oxygens (including phenoxy) is 1. The molecule has 0 radical (unpaired) electrons. The van der Waals surface area contributed by atoms with Gasteiger partial charge in [0.2, 0.25) is 0 Å². The van der Waals surface area contributed by atoms with Gasteiger partial charge >= 0.3 is 0 Å². The number of rotatable bonds is 8. The van der Waals surface area contributed by atoms with Crippen molar-refractivity contribution in [1.82, 2.24) is 9.88 Å². The van der Waals surface area contributed by atoms with Crippen molar-refractivity contribution in [3.63, 3.8) is 0 Å². The van der Waals surface area contributed by atoms with Gasteiger partial charge < -0.3 is 14.6 Å². The van der Waals surface area contributed by atoms with Crippen molar-refractivity contribution in [2.24, 2.45) is 0 Å². The number of hydrogen-bond donors (Lipinski definition) is 1. The third-order valence-corrected chi connectivity index (χ3v) is 4.10. The van der Waals surface area contributed by atoms with Crippen molar-refractivity contribution in [1.29, 1.82) is 0 Å². The Balaban J connectivity index is 2.06. The van der Waals surface area contributed by atoms with Crippen molar-refractivity contribution in [3.8, 4) is 0 Å². The predicted molar refractivity (Wildman–Crippen MR) is 89.6 cm³/mol. The first-order valence-electron chi connectivity index (χ1n) is 7.89. The van der Waals surface area contributed by atoms with Crippen LogP contribution in [0.15, 0.2) is 30.5 Å². The van der Waals surface area contributed by atoms with E-state index in [1.165, 1.54) is 22.9 Å². The summed E-state index contributed by atoms with van der Waals surface area (Å²) in [7, 11) is 1.78. The zero-order valence-electron chi connectivity index (χ0n) is 13.8. The van der Waals surface area contributed by atoms with Crippen LogP contribution in [0.5, 0.6) is 0 Å². The van der Waals surface area contributed by atoms with Crippen LogP contribution in [0.3, 0.4) is 0 Å². The molecule has 2 rings (SSSR count). The minimum Gasteiger partial charge on any atom is -0.379 e. The van der Waals surface area contributed by atoms with E-state index in [1.807, 2.05) is 0 Å². The molecular formula is C18H28N2O. The second kappa shape index (κ2) is 7.10. The van der Waals surface area contributed by atoms with Crippen LogP contribution in [0.2, 0.25) is 0 Å². The lowest BCUT2D eigenvalue weighted by atomic mass is 10.1. The molecule has 0 aliphatic heterocycles. The lowest BCUT2D eigenvalue weighted by molar-refractivity contribution is 0.0123. The topological polar surface area (TPSA) is 26.2 Å². The maximum absolute atomic E-state index is 5.50. The summed E-state index contributed by atoms with van der Waals surface area (Å²) >= 11 is 0. The first-order chi connectivity index (χ1) is 10.1. The Labute approximate surface area is 128 Å². The third-order valence-electron chi connectivity index (χ3n) is 4.10. The number of nitrogens with one attached hydrogen (secondary N) is 1. The molecule has 0 amide bonds. The average molecular weight is 288 g/mol. The summed E-state index contributed by atoms with van der Waals surface area (Å²) in [5.41, 5.74) is 2.59. The minimum absolute atomic E-state index is 0.0688. The summed E-state index contributed by atoms with van der Waals surface area (Å²) in [5.74, 6) is 0. The standard InChI is InChI=1S/C18H28N2O/c1-5-10-19-14-15-6-7-17-16(13-15)8-11-20(17)12-9-18(2,3)21-4/h6-8,11,13,19H,5,9-10,12,14H2,1-4H3. The molecule has 1 heterocycles. The van der Waals surface area contributed by atoms with E-state index in [2.05, 4.69) is 61.1 Å². The molecule has 0 saturated carbocycles. The molecule has 1 aromatic carbocycles. The van der Waals surface area contributed by atoms with E-state index in [-0.39, 0.29) is 5.60 Å². The molecule has 21 heavy (non-hydrogen) atoms. The van der Waals surface area contributed by atoms with Crippen molar-refractivity contribution >= 4 is 10.9 Å². The Morgan fingerprint density at radius 3 is 2.76 bits per heavy atom. The highest BCUT2D eigenvalue weighted by molar-refractivity contribution is 5.80. The van der Waals surface area contributed by atoms with Gasteiger partial charge in [0.15, 0.2) is 0 Å². The summed E-state index contributed by atoms with van der Waals surface area (Å²) < 4.78 is 7.82. The summed E-state index contributed by atoms with van der Waals surface area (Å²) in [5, 5.41) is 4.77. The second-order valence-corrected chi connectivity index (χ2v) is 6.29. The fraction of sp³-hybridized carbons (Fsp3) is 0.556. The molecule has 2 aromatic rings. The number of hydrogen-bond acceptors (Lipinski definition) is 2. The first-order valence-corrected chi connectivity index (χ1v) is 7.89. The van der Waals surface area contributed by atoms with Crippen LogP contribution in [0.1, 0.15) is 39.2 Å². The molecule has 3 heteroatoms. The van der Waals surface area contributed by atoms with Gasteiger partial charge in [0.05, 0.1) is 5.60 Å². The molecule has 0 spiro atoms. The second-order valence-electron chi connectivity index (χ2n) is 6.29. The third kappa shape index (κ3) is 4.32. The number of benzene rings is 1. The molecule has 0 unspecified atom stereocenters. The molecule has 0 bridgehead atoms. The van der Waals surface area contributed by atoms with Gasteiger partial charge in [0, 0.05) is 31.9 Å². The van der Waals surface area contributed by atoms with Gasteiger partial charge in [-0.05, 0) is 62.4 Å². The van der Waals surface area contributed by atoms with Crippen molar-refractivity contribution in [3.05, 3.63) is 36.0 Å².